The van der Waals surface area contributed by atoms with Crippen LogP contribution in [0.3, 0.4) is 0 Å². The number of benzene rings is 3. The minimum atomic E-state index is -1.01. The van der Waals surface area contributed by atoms with Gasteiger partial charge in [-0.15, -0.1) is 0 Å². The second kappa shape index (κ2) is 7.77. The van der Waals surface area contributed by atoms with E-state index in [1.54, 1.807) is 66.7 Å². The monoisotopic (exact) mass is 425 g/mol. The Morgan fingerprint density at radius 2 is 1.47 bits per heavy atom. The summed E-state index contributed by atoms with van der Waals surface area (Å²) >= 11 is 0. The maximum Gasteiger partial charge on any atom is 0.260 e. The first kappa shape index (κ1) is 19.7. The number of nitrogens with zero attached hydrogens (tertiary/aromatic N) is 3. The molecule has 2 aliphatic heterocycles. The Kier molecular flexibility index (Phi) is 4.78. The highest BCUT2D eigenvalue weighted by Crippen LogP contribution is 2.40. The van der Waals surface area contributed by atoms with Crippen molar-refractivity contribution in [1.29, 1.82) is 0 Å². The predicted molar refractivity (Wildman–Crippen MR) is 120 cm³/mol. The van der Waals surface area contributed by atoms with Crippen molar-refractivity contribution in [3.8, 4) is 5.75 Å². The molecule has 7 heteroatoms. The first-order chi connectivity index (χ1) is 15.6. The van der Waals surface area contributed by atoms with Crippen LogP contribution in [0.4, 0.5) is 11.4 Å². The fraction of sp³-hybridized carbons (Fsp3) is 0.120. The number of hydrogen-bond acceptors (Lipinski definition) is 6. The molecule has 3 aromatic carbocycles. The lowest BCUT2D eigenvalue weighted by atomic mass is 9.92. The lowest BCUT2D eigenvalue weighted by molar-refractivity contribution is -0.121. The summed E-state index contributed by atoms with van der Waals surface area (Å²) in [6.07, 6.45) is 0. The molecule has 158 valence electrons. The van der Waals surface area contributed by atoms with Gasteiger partial charge >= 0.3 is 0 Å². The van der Waals surface area contributed by atoms with Crippen LogP contribution in [-0.2, 0) is 9.59 Å². The van der Waals surface area contributed by atoms with E-state index in [0.717, 1.165) is 4.90 Å². The largest absolute Gasteiger partial charge is 0.495 e. The zero-order chi connectivity index (χ0) is 22.2. The number of amides is 2. The van der Waals surface area contributed by atoms with Gasteiger partial charge in [0, 0.05) is 5.56 Å². The van der Waals surface area contributed by atoms with E-state index >= 15 is 0 Å². The van der Waals surface area contributed by atoms with Gasteiger partial charge in [0.25, 0.3) is 5.91 Å². The topological polar surface area (TPSA) is 79.3 Å². The van der Waals surface area contributed by atoms with Gasteiger partial charge in [-0.05, 0) is 24.3 Å². The minimum Gasteiger partial charge on any atom is -0.495 e. The summed E-state index contributed by atoms with van der Waals surface area (Å²) in [4.78, 5) is 41.6. The van der Waals surface area contributed by atoms with Crippen molar-refractivity contribution in [1.82, 2.24) is 0 Å². The quantitative estimate of drug-likeness (QED) is 0.463. The van der Waals surface area contributed by atoms with E-state index in [1.165, 1.54) is 12.1 Å². The molecule has 2 amide bonds. The van der Waals surface area contributed by atoms with Crippen molar-refractivity contribution in [3.63, 3.8) is 0 Å². The molecule has 2 atom stereocenters. The molecule has 0 N–H and O–H groups in total. The van der Waals surface area contributed by atoms with E-state index in [0.29, 0.717) is 22.7 Å². The Hall–Kier alpha value is -4.26. The van der Waals surface area contributed by atoms with Crippen molar-refractivity contribution in [2.45, 2.75) is 6.04 Å². The molecule has 0 saturated carbocycles. The van der Waals surface area contributed by atoms with Gasteiger partial charge in [0.15, 0.2) is 0 Å². The van der Waals surface area contributed by atoms with Crippen molar-refractivity contribution in [2.75, 3.05) is 17.0 Å². The lowest BCUT2D eigenvalue weighted by Gasteiger charge is -2.22. The van der Waals surface area contributed by atoms with Gasteiger partial charge < -0.3 is 4.74 Å². The normalized spacial score (nSPS) is 19.7. The van der Waals surface area contributed by atoms with Gasteiger partial charge in [0.2, 0.25) is 11.7 Å². The van der Waals surface area contributed by atoms with E-state index in [4.69, 9.17) is 4.74 Å². The summed E-state index contributed by atoms with van der Waals surface area (Å²) in [5.41, 5.74) is 1.44. The molecular formula is C25H19N3O4. The average molecular weight is 425 g/mol. The fourth-order valence-electron chi connectivity index (χ4n) is 4.19. The van der Waals surface area contributed by atoms with Crippen LogP contribution in [0.1, 0.15) is 10.4 Å². The number of fused-ring (bicyclic) bond motifs is 1. The zero-order valence-electron chi connectivity index (χ0n) is 17.2. The van der Waals surface area contributed by atoms with Crippen molar-refractivity contribution in [3.05, 3.63) is 90.5 Å². The third-order valence-corrected chi connectivity index (χ3v) is 5.66. The molecule has 2 aliphatic rings. The van der Waals surface area contributed by atoms with Crippen LogP contribution >= 0.6 is 0 Å². The van der Waals surface area contributed by atoms with Gasteiger partial charge in [-0.25, -0.2) is 4.90 Å². The molecule has 1 saturated heterocycles. The number of Topliss-reactive ketones (excluding diaryl/α,β-unsaturated/α-hetero) is 1. The van der Waals surface area contributed by atoms with Gasteiger partial charge in [-0.1, -0.05) is 60.7 Å². The number of hydrogen-bond donors (Lipinski definition) is 0. The fourth-order valence-corrected chi connectivity index (χ4v) is 4.19. The molecule has 0 radical (unpaired) electrons. The molecule has 0 unspecified atom stereocenters. The molecule has 0 aliphatic carbocycles. The summed E-state index contributed by atoms with van der Waals surface area (Å²) in [5.74, 6) is -1.94. The third-order valence-electron chi connectivity index (χ3n) is 5.66. The van der Waals surface area contributed by atoms with E-state index in [-0.39, 0.29) is 11.5 Å². The van der Waals surface area contributed by atoms with Gasteiger partial charge in [0.1, 0.15) is 23.4 Å². The molecule has 0 spiro atoms. The maximum absolute atomic E-state index is 13.6. The average Bonchev–Trinajstić information content (AvgIpc) is 3.36. The van der Waals surface area contributed by atoms with E-state index < -0.39 is 23.8 Å². The van der Waals surface area contributed by atoms with Crippen molar-refractivity contribution in [2.24, 2.45) is 11.0 Å². The number of carbonyl (C=O) groups excluding carboxylic acids is 3. The van der Waals surface area contributed by atoms with Crippen LogP contribution in [0, 0.1) is 5.92 Å². The number of rotatable bonds is 5. The van der Waals surface area contributed by atoms with Gasteiger partial charge in [-0.3, -0.25) is 19.4 Å². The first-order valence-electron chi connectivity index (χ1n) is 10.1. The number of imide groups is 1. The summed E-state index contributed by atoms with van der Waals surface area (Å²) in [7, 11) is 1.48. The number of anilines is 2. The van der Waals surface area contributed by atoms with Crippen LogP contribution in [-0.4, -0.2) is 36.5 Å². The van der Waals surface area contributed by atoms with Crippen LogP contribution in [0.15, 0.2) is 90.0 Å². The molecule has 5 rings (SSSR count). The van der Waals surface area contributed by atoms with Crippen molar-refractivity contribution < 1.29 is 19.1 Å². The summed E-state index contributed by atoms with van der Waals surface area (Å²) in [6.45, 7) is 0. The Morgan fingerprint density at radius 3 is 2.16 bits per heavy atom. The van der Waals surface area contributed by atoms with Crippen molar-refractivity contribution >= 4 is 34.7 Å². The maximum atomic E-state index is 13.6. The number of carbonyl (C=O) groups is 3. The third kappa shape index (κ3) is 2.98. The molecule has 1 fully saturated rings. The molecule has 0 bridgehead atoms. The molecule has 0 aromatic heterocycles. The highest BCUT2D eigenvalue weighted by molar-refractivity contribution is 6.53. The number of ether oxygens (including phenoxy) is 1. The number of methoxy groups -OCH3 is 1. The number of ketones is 1. The Balaban J connectivity index is 1.63. The van der Waals surface area contributed by atoms with E-state index in [9.17, 15) is 14.4 Å². The van der Waals surface area contributed by atoms with Crippen LogP contribution in [0.5, 0.6) is 5.75 Å². The number of para-hydroxylation sites is 3. The molecular weight excluding hydrogens is 406 g/mol. The molecule has 7 nitrogen and oxygen atoms in total. The minimum absolute atomic E-state index is 0.0563. The molecule has 3 aromatic rings. The number of hydrazone groups is 1. The lowest BCUT2D eigenvalue weighted by Crippen LogP contribution is -2.39. The highest BCUT2D eigenvalue weighted by atomic mass is 16.5. The van der Waals surface area contributed by atoms with Crippen LogP contribution in [0.2, 0.25) is 0 Å². The van der Waals surface area contributed by atoms with E-state index in [2.05, 4.69) is 5.10 Å². The Morgan fingerprint density at radius 1 is 0.844 bits per heavy atom. The highest BCUT2D eigenvalue weighted by Gasteiger charge is 2.59. The first-order valence-corrected chi connectivity index (χ1v) is 10.1. The summed E-state index contributed by atoms with van der Waals surface area (Å²) < 4.78 is 5.37. The molecule has 2 heterocycles. The van der Waals surface area contributed by atoms with E-state index in [1.807, 2.05) is 18.2 Å². The second-order valence-corrected chi connectivity index (χ2v) is 7.47. The van der Waals surface area contributed by atoms with Gasteiger partial charge in [0.05, 0.1) is 18.5 Å². The predicted octanol–water partition coefficient (Wildman–Crippen LogP) is 3.31. The zero-order valence-corrected chi connectivity index (χ0v) is 17.2. The van der Waals surface area contributed by atoms with Crippen LogP contribution in [0.25, 0.3) is 0 Å². The summed E-state index contributed by atoms with van der Waals surface area (Å²) in [6, 6.07) is 23.6. The Labute approximate surface area is 184 Å². The molecule has 32 heavy (non-hydrogen) atoms. The standard InChI is InChI=1S/C25H19N3O4/c1-32-19-15-9-8-14-18(19)27-24(30)20-21(23(29)16-10-4-2-5-11-16)26-28(22(20)25(27)31)17-12-6-3-7-13-17/h2-15,20,22H,1H3/t20-,22+/m1/s1. The SMILES string of the molecule is COc1ccccc1N1C(=O)[C@@H]2C(C(=O)c3ccccc3)=NN(c3ccccc3)[C@@H]2C1=O. The summed E-state index contributed by atoms with van der Waals surface area (Å²) in [5, 5.41) is 5.97. The smallest absolute Gasteiger partial charge is 0.260 e. The Bertz CT molecular complexity index is 1240. The van der Waals surface area contributed by atoms with Crippen LogP contribution < -0.4 is 14.6 Å². The van der Waals surface area contributed by atoms with Gasteiger partial charge in [-0.2, -0.15) is 5.10 Å². The second-order valence-electron chi connectivity index (χ2n) is 7.47.